The summed E-state index contributed by atoms with van der Waals surface area (Å²) in [5.41, 5.74) is 0.868. The number of aliphatic hydroxyl groups is 1. The zero-order valence-corrected chi connectivity index (χ0v) is 11.6. The molecule has 0 aliphatic carbocycles. The lowest BCUT2D eigenvalue weighted by Crippen LogP contribution is -2.20. The summed E-state index contributed by atoms with van der Waals surface area (Å²) in [6, 6.07) is 7.25. The number of rotatable bonds is 5. The molecule has 1 aromatic heterocycles. The van der Waals surface area contributed by atoms with E-state index in [1.807, 2.05) is 25.3 Å². The molecule has 3 nitrogen and oxygen atoms in total. The van der Waals surface area contributed by atoms with E-state index in [9.17, 15) is 5.11 Å². The third-order valence-corrected chi connectivity index (χ3v) is 3.73. The molecular weight excluding hydrogens is 268 g/mol. The highest BCUT2D eigenvalue weighted by Crippen LogP contribution is 2.16. The van der Waals surface area contributed by atoms with Gasteiger partial charge >= 0.3 is 0 Å². The van der Waals surface area contributed by atoms with E-state index in [-0.39, 0.29) is 0 Å². The van der Waals surface area contributed by atoms with Gasteiger partial charge < -0.3 is 10.4 Å². The van der Waals surface area contributed by atoms with Crippen LogP contribution in [-0.2, 0) is 6.54 Å². The second-order valence-electron chi connectivity index (χ2n) is 4.04. The molecular formula is C13H15ClN2OS. The van der Waals surface area contributed by atoms with Gasteiger partial charge in [-0.05, 0) is 24.6 Å². The zero-order chi connectivity index (χ0) is 13.0. The van der Waals surface area contributed by atoms with Crippen molar-refractivity contribution in [1.82, 2.24) is 10.3 Å². The van der Waals surface area contributed by atoms with Crippen LogP contribution < -0.4 is 5.32 Å². The van der Waals surface area contributed by atoms with Gasteiger partial charge in [0.15, 0.2) is 0 Å². The number of hydrogen-bond donors (Lipinski definition) is 2. The average molecular weight is 283 g/mol. The zero-order valence-electron chi connectivity index (χ0n) is 10.1. The third-order valence-electron chi connectivity index (χ3n) is 2.56. The van der Waals surface area contributed by atoms with Gasteiger partial charge in [-0.1, -0.05) is 23.7 Å². The largest absolute Gasteiger partial charge is 0.387 e. The summed E-state index contributed by atoms with van der Waals surface area (Å²) >= 11 is 7.46. The van der Waals surface area contributed by atoms with E-state index in [0.717, 1.165) is 17.1 Å². The molecule has 2 N–H and O–H groups in total. The Morgan fingerprint density at radius 3 is 2.72 bits per heavy atom. The van der Waals surface area contributed by atoms with Crippen LogP contribution in [0.1, 0.15) is 21.6 Å². The summed E-state index contributed by atoms with van der Waals surface area (Å²) < 4.78 is 0. The highest BCUT2D eigenvalue weighted by atomic mass is 35.5. The molecule has 0 saturated heterocycles. The van der Waals surface area contributed by atoms with E-state index in [0.29, 0.717) is 11.6 Å². The van der Waals surface area contributed by atoms with E-state index in [1.165, 1.54) is 4.88 Å². The van der Waals surface area contributed by atoms with Crippen molar-refractivity contribution in [2.75, 3.05) is 6.54 Å². The first-order valence-corrected chi connectivity index (χ1v) is 6.90. The molecule has 5 heteroatoms. The molecule has 2 rings (SSSR count). The normalized spacial score (nSPS) is 12.6. The molecule has 1 atom stereocenters. The molecule has 0 bridgehead atoms. The fourth-order valence-corrected chi connectivity index (χ4v) is 2.51. The van der Waals surface area contributed by atoms with E-state index in [4.69, 9.17) is 11.6 Å². The van der Waals surface area contributed by atoms with E-state index >= 15 is 0 Å². The fraction of sp³-hybridized carbons (Fsp3) is 0.308. The summed E-state index contributed by atoms with van der Waals surface area (Å²) in [6.07, 6.45) is 1.35. The van der Waals surface area contributed by atoms with Crippen LogP contribution in [0.4, 0.5) is 0 Å². The van der Waals surface area contributed by atoms with Crippen LogP contribution in [0.25, 0.3) is 0 Å². The number of hydrogen-bond acceptors (Lipinski definition) is 4. The Bertz CT molecular complexity index is 498. The molecule has 0 saturated carbocycles. The molecule has 96 valence electrons. The van der Waals surface area contributed by atoms with Crippen molar-refractivity contribution in [3.05, 3.63) is 50.9 Å². The molecule has 1 unspecified atom stereocenters. The Balaban J connectivity index is 1.81. The van der Waals surface area contributed by atoms with E-state index < -0.39 is 6.10 Å². The minimum atomic E-state index is -0.517. The number of benzene rings is 1. The fourth-order valence-electron chi connectivity index (χ4n) is 1.62. The van der Waals surface area contributed by atoms with Crippen LogP contribution in [-0.4, -0.2) is 16.6 Å². The van der Waals surface area contributed by atoms with Crippen LogP contribution in [0.3, 0.4) is 0 Å². The predicted octanol–water partition coefficient (Wildman–Crippen LogP) is 2.93. The van der Waals surface area contributed by atoms with Crippen LogP contribution in [0.2, 0.25) is 5.02 Å². The predicted molar refractivity (Wildman–Crippen MR) is 75.0 cm³/mol. The molecule has 0 spiro atoms. The molecule has 1 aromatic carbocycles. The smallest absolute Gasteiger partial charge is 0.0914 e. The molecule has 2 aromatic rings. The summed E-state index contributed by atoms with van der Waals surface area (Å²) in [6.45, 7) is 3.23. The van der Waals surface area contributed by atoms with Gasteiger partial charge in [0.1, 0.15) is 0 Å². The second-order valence-corrected chi connectivity index (χ2v) is 5.80. The molecule has 1 heterocycles. The second kappa shape index (κ2) is 6.29. The first kappa shape index (κ1) is 13.5. The van der Waals surface area contributed by atoms with Crippen molar-refractivity contribution in [2.45, 2.75) is 19.6 Å². The van der Waals surface area contributed by atoms with Crippen molar-refractivity contribution in [3.8, 4) is 0 Å². The Labute approximate surface area is 115 Å². The number of nitrogens with one attached hydrogen (secondary N) is 1. The number of halogens is 1. The van der Waals surface area contributed by atoms with Gasteiger partial charge in [0.05, 0.1) is 11.1 Å². The highest BCUT2D eigenvalue weighted by Gasteiger charge is 2.07. The van der Waals surface area contributed by atoms with Crippen LogP contribution >= 0.6 is 22.9 Å². The number of thiazole rings is 1. The quantitative estimate of drug-likeness (QED) is 0.886. The van der Waals surface area contributed by atoms with Crippen molar-refractivity contribution >= 4 is 22.9 Å². The van der Waals surface area contributed by atoms with Gasteiger partial charge in [0, 0.05) is 29.2 Å². The number of aliphatic hydroxyl groups excluding tert-OH is 1. The molecule has 0 radical (unpaired) electrons. The van der Waals surface area contributed by atoms with Crippen LogP contribution in [0.15, 0.2) is 30.5 Å². The maximum atomic E-state index is 9.98. The Hall–Kier alpha value is -0.940. The van der Waals surface area contributed by atoms with Gasteiger partial charge in [-0.2, -0.15) is 0 Å². The third kappa shape index (κ3) is 3.78. The molecule has 0 aliphatic rings. The Kier molecular flexibility index (Phi) is 4.72. The lowest BCUT2D eigenvalue weighted by molar-refractivity contribution is 0.174. The number of nitrogens with zero attached hydrogens (tertiary/aromatic N) is 1. The summed E-state index contributed by atoms with van der Waals surface area (Å²) in [5.74, 6) is 0. The topological polar surface area (TPSA) is 45.2 Å². The first-order chi connectivity index (χ1) is 8.65. The molecule has 0 fully saturated rings. The summed E-state index contributed by atoms with van der Waals surface area (Å²) in [7, 11) is 0. The van der Waals surface area contributed by atoms with Crippen molar-refractivity contribution in [2.24, 2.45) is 0 Å². The Morgan fingerprint density at radius 1 is 1.39 bits per heavy atom. The first-order valence-electron chi connectivity index (χ1n) is 5.70. The summed E-state index contributed by atoms with van der Waals surface area (Å²) in [5, 5.41) is 14.9. The van der Waals surface area contributed by atoms with Gasteiger partial charge in [0.2, 0.25) is 0 Å². The maximum Gasteiger partial charge on any atom is 0.0914 e. The minimum absolute atomic E-state index is 0.512. The standard InChI is InChI=1S/C13H15ClN2OS/c1-9-16-7-12(18-9)6-15-8-13(17)10-2-4-11(14)5-3-10/h2-5,7,13,15,17H,6,8H2,1H3. The van der Waals surface area contributed by atoms with Gasteiger partial charge in [-0.3, -0.25) is 0 Å². The lowest BCUT2D eigenvalue weighted by atomic mass is 10.1. The van der Waals surface area contributed by atoms with Crippen LogP contribution in [0, 0.1) is 6.92 Å². The van der Waals surface area contributed by atoms with Crippen LogP contribution in [0.5, 0.6) is 0 Å². The monoisotopic (exact) mass is 282 g/mol. The van der Waals surface area contributed by atoms with E-state index in [1.54, 1.807) is 23.5 Å². The highest BCUT2D eigenvalue weighted by molar-refractivity contribution is 7.11. The summed E-state index contributed by atoms with van der Waals surface area (Å²) in [4.78, 5) is 5.36. The van der Waals surface area contributed by atoms with E-state index in [2.05, 4.69) is 10.3 Å². The van der Waals surface area contributed by atoms with Gasteiger partial charge in [-0.25, -0.2) is 4.98 Å². The molecule has 0 amide bonds. The minimum Gasteiger partial charge on any atom is -0.387 e. The number of aryl methyl sites for hydroxylation is 1. The van der Waals surface area contributed by atoms with Gasteiger partial charge in [-0.15, -0.1) is 11.3 Å². The lowest BCUT2D eigenvalue weighted by Gasteiger charge is -2.11. The average Bonchev–Trinajstić information content (AvgIpc) is 2.76. The molecule has 0 aliphatic heterocycles. The van der Waals surface area contributed by atoms with Crippen molar-refractivity contribution in [3.63, 3.8) is 0 Å². The maximum absolute atomic E-state index is 9.98. The number of aromatic nitrogens is 1. The van der Waals surface area contributed by atoms with Gasteiger partial charge in [0.25, 0.3) is 0 Å². The SMILES string of the molecule is Cc1ncc(CNCC(O)c2ccc(Cl)cc2)s1. The Morgan fingerprint density at radius 2 is 2.11 bits per heavy atom. The molecule has 18 heavy (non-hydrogen) atoms. The van der Waals surface area contributed by atoms with Crippen molar-refractivity contribution in [1.29, 1.82) is 0 Å². The van der Waals surface area contributed by atoms with Crippen molar-refractivity contribution < 1.29 is 5.11 Å².